The van der Waals surface area contributed by atoms with Gasteiger partial charge in [-0.3, -0.25) is 0 Å². The van der Waals surface area contributed by atoms with Gasteiger partial charge in [-0.25, -0.2) is 0 Å². The van der Waals surface area contributed by atoms with E-state index in [0.717, 1.165) is 12.7 Å². The standard InChI is InChI=1S/C8H13ClO/c1-7(2)8(6-10)4-3-5-9/h3,5-8H,4H2,1-2H3. The SMILES string of the molecule is CC(C)C(C=O)CC=CCl. The Hall–Kier alpha value is -0.300. The van der Waals surface area contributed by atoms with Crippen molar-refractivity contribution in [2.45, 2.75) is 20.3 Å². The molecule has 0 amide bonds. The molecule has 0 radical (unpaired) electrons. The van der Waals surface area contributed by atoms with Crippen LogP contribution in [-0.2, 0) is 4.79 Å². The lowest BCUT2D eigenvalue weighted by atomic mass is 9.94. The minimum absolute atomic E-state index is 0.120. The molecular weight excluding hydrogens is 148 g/mol. The topological polar surface area (TPSA) is 17.1 Å². The molecule has 1 unspecified atom stereocenters. The molecule has 0 rings (SSSR count). The van der Waals surface area contributed by atoms with E-state index in [4.69, 9.17) is 11.6 Å². The van der Waals surface area contributed by atoms with Crippen LogP contribution < -0.4 is 0 Å². The first kappa shape index (κ1) is 9.70. The maximum Gasteiger partial charge on any atom is 0.123 e. The van der Waals surface area contributed by atoms with Gasteiger partial charge in [-0.15, -0.1) is 0 Å². The van der Waals surface area contributed by atoms with Crippen LogP contribution in [0.1, 0.15) is 20.3 Å². The zero-order chi connectivity index (χ0) is 7.98. The highest BCUT2D eigenvalue weighted by Crippen LogP contribution is 2.12. The van der Waals surface area contributed by atoms with Gasteiger partial charge in [-0.2, -0.15) is 0 Å². The lowest BCUT2D eigenvalue weighted by molar-refractivity contribution is -0.112. The minimum atomic E-state index is 0.120. The van der Waals surface area contributed by atoms with E-state index in [1.807, 2.05) is 13.8 Å². The number of allylic oxidation sites excluding steroid dienone is 1. The number of hydrogen-bond acceptors (Lipinski definition) is 1. The van der Waals surface area contributed by atoms with Gasteiger partial charge in [0.05, 0.1) is 0 Å². The predicted octanol–water partition coefficient (Wildman–Crippen LogP) is 2.60. The molecule has 0 saturated carbocycles. The van der Waals surface area contributed by atoms with Gasteiger partial charge in [-0.1, -0.05) is 31.5 Å². The number of carbonyl (C=O) groups excluding carboxylic acids is 1. The van der Waals surface area contributed by atoms with Crippen molar-refractivity contribution in [2.24, 2.45) is 11.8 Å². The fraction of sp³-hybridized carbons (Fsp3) is 0.625. The first-order chi connectivity index (χ1) is 4.72. The smallest absolute Gasteiger partial charge is 0.123 e. The number of aldehydes is 1. The zero-order valence-electron chi connectivity index (χ0n) is 6.38. The van der Waals surface area contributed by atoms with Crippen LogP contribution in [0, 0.1) is 11.8 Å². The lowest BCUT2D eigenvalue weighted by Gasteiger charge is -2.10. The Balaban J connectivity index is 3.71. The fourth-order valence-corrected chi connectivity index (χ4v) is 0.796. The third kappa shape index (κ3) is 3.67. The second kappa shape index (κ2) is 5.48. The van der Waals surface area contributed by atoms with Crippen LogP contribution in [-0.4, -0.2) is 6.29 Å². The number of carbonyl (C=O) groups is 1. The summed E-state index contributed by atoms with van der Waals surface area (Å²) < 4.78 is 0. The highest BCUT2D eigenvalue weighted by atomic mass is 35.5. The van der Waals surface area contributed by atoms with Gasteiger partial charge < -0.3 is 4.79 Å². The van der Waals surface area contributed by atoms with Gasteiger partial charge in [0, 0.05) is 11.5 Å². The van der Waals surface area contributed by atoms with Gasteiger partial charge in [0.1, 0.15) is 6.29 Å². The van der Waals surface area contributed by atoms with Crippen molar-refractivity contribution in [3.8, 4) is 0 Å². The predicted molar refractivity (Wildman–Crippen MR) is 44.0 cm³/mol. The largest absolute Gasteiger partial charge is 0.303 e. The first-order valence-corrected chi connectivity index (χ1v) is 3.86. The second-order valence-corrected chi connectivity index (χ2v) is 2.89. The fourth-order valence-electron chi connectivity index (χ4n) is 0.693. The van der Waals surface area contributed by atoms with Gasteiger partial charge in [0.25, 0.3) is 0 Å². The summed E-state index contributed by atoms with van der Waals surface area (Å²) in [4.78, 5) is 10.4. The van der Waals surface area contributed by atoms with E-state index < -0.39 is 0 Å². The third-order valence-corrected chi connectivity index (χ3v) is 1.71. The molecule has 0 aliphatic rings. The summed E-state index contributed by atoms with van der Waals surface area (Å²) in [5.41, 5.74) is 1.46. The molecule has 0 aliphatic carbocycles. The van der Waals surface area contributed by atoms with Crippen LogP contribution in [0.25, 0.3) is 0 Å². The summed E-state index contributed by atoms with van der Waals surface area (Å²) in [7, 11) is 0. The molecule has 58 valence electrons. The molecule has 1 nitrogen and oxygen atoms in total. The van der Waals surface area contributed by atoms with Crippen molar-refractivity contribution in [3.63, 3.8) is 0 Å². The Morgan fingerprint density at radius 1 is 1.50 bits per heavy atom. The van der Waals surface area contributed by atoms with Crippen molar-refractivity contribution < 1.29 is 4.79 Å². The molecule has 0 aliphatic heterocycles. The number of hydrogen-bond donors (Lipinski definition) is 0. The Bertz CT molecular complexity index is 118. The average molecular weight is 161 g/mol. The monoisotopic (exact) mass is 160 g/mol. The second-order valence-electron chi connectivity index (χ2n) is 2.64. The first-order valence-electron chi connectivity index (χ1n) is 3.43. The minimum Gasteiger partial charge on any atom is -0.303 e. The number of rotatable bonds is 4. The Kier molecular flexibility index (Phi) is 5.32. The average Bonchev–Trinajstić information content (AvgIpc) is 1.89. The molecule has 0 N–H and O–H groups in total. The molecule has 10 heavy (non-hydrogen) atoms. The lowest BCUT2D eigenvalue weighted by Crippen LogP contribution is -2.08. The van der Waals surface area contributed by atoms with E-state index >= 15 is 0 Å². The third-order valence-electron chi connectivity index (χ3n) is 1.53. The van der Waals surface area contributed by atoms with Crippen LogP contribution in [0.2, 0.25) is 0 Å². The molecule has 0 aromatic rings. The van der Waals surface area contributed by atoms with E-state index in [1.165, 1.54) is 5.54 Å². The Labute approximate surface area is 67.1 Å². The van der Waals surface area contributed by atoms with Crippen molar-refractivity contribution in [3.05, 3.63) is 11.6 Å². The molecule has 0 fully saturated rings. The highest BCUT2D eigenvalue weighted by Gasteiger charge is 2.08. The van der Waals surface area contributed by atoms with Crippen molar-refractivity contribution in [1.82, 2.24) is 0 Å². The Morgan fingerprint density at radius 2 is 2.10 bits per heavy atom. The van der Waals surface area contributed by atoms with Crippen LogP contribution >= 0.6 is 11.6 Å². The maximum absolute atomic E-state index is 10.4. The molecule has 2 heteroatoms. The molecule has 0 saturated heterocycles. The molecule has 0 aromatic heterocycles. The van der Waals surface area contributed by atoms with Crippen LogP contribution in [0.4, 0.5) is 0 Å². The quantitative estimate of drug-likeness (QED) is 0.578. The normalized spacial score (nSPS) is 14.4. The summed E-state index contributed by atoms with van der Waals surface area (Å²) in [6, 6.07) is 0. The summed E-state index contributed by atoms with van der Waals surface area (Å²) >= 11 is 5.31. The molecule has 0 heterocycles. The molecule has 0 aromatic carbocycles. The van der Waals surface area contributed by atoms with E-state index in [0.29, 0.717) is 5.92 Å². The van der Waals surface area contributed by atoms with Gasteiger partial charge >= 0.3 is 0 Å². The molecular formula is C8H13ClO. The van der Waals surface area contributed by atoms with Crippen LogP contribution in [0.5, 0.6) is 0 Å². The molecule has 1 atom stereocenters. The van der Waals surface area contributed by atoms with Gasteiger partial charge in [0.2, 0.25) is 0 Å². The molecule has 0 spiro atoms. The van der Waals surface area contributed by atoms with Crippen molar-refractivity contribution in [1.29, 1.82) is 0 Å². The summed E-state index contributed by atoms with van der Waals surface area (Å²) in [6.07, 6.45) is 3.55. The van der Waals surface area contributed by atoms with E-state index in [2.05, 4.69) is 0 Å². The van der Waals surface area contributed by atoms with Gasteiger partial charge in [-0.05, 0) is 12.3 Å². The van der Waals surface area contributed by atoms with E-state index in [1.54, 1.807) is 6.08 Å². The van der Waals surface area contributed by atoms with Crippen LogP contribution in [0.3, 0.4) is 0 Å². The van der Waals surface area contributed by atoms with E-state index in [9.17, 15) is 4.79 Å². The van der Waals surface area contributed by atoms with Crippen molar-refractivity contribution >= 4 is 17.9 Å². The van der Waals surface area contributed by atoms with E-state index in [-0.39, 0.29) is 5.92 Å². The highest BCUT2D eigenvalue weighted by molar-refractivity contribution is 6.25. The maximum atomic E-state index is 10.4. The summed E-state index contributed by atoms with van der Waals surface area (Å²) in [6.45, 7) is 4.06. The van der Waals surface area contributed by atoms with Gasteiger partial charge in [0.15, 0.2) is 0 Å². The summed E-state index contributed by atoms with van der Waals surface area (Å²) in [5.74, 6) is 0.528. The van der Waals surface area contributed by atoms with Crippen LogP contribution in [0.15, 0.2) is 11.6 Å². The zero-order valence-corrected chi connectivity index (χ0v) is 7.14. The molecule has 0 bridgehead atoms. The van der Waals surface area contributed by atoms with Crippen molar-refractivity contribution in [2.75, 3.05) is 0 Å². The summed E-state index contributed by atoms with van der Waals surface area (Å²) in [5, 5.41) is 0. The number of halogens is 1. The Morgan fingerprint density at radius 3 is 2.40 bits per heavy atom.